The lowest BCUT2D eigenvalue weighted by atomic mass is 9.93. The summed E-state index contributed by atoms with van der Waals surface area (Å²) in [5.74, 6) is 0.405. The van der Waals surface area contributed by atoms with Gasteiger partial charge in [-0.15, -0.1) is 0 Å². The molecule has 0 N–H and O–H groups in total. The van der Waals surface area contributed by atoms with Gasteiger partial charge in [0.1, 0.15) is 0 Å². The number of anilines is 1. The minimum Gasteiger partial charge on any atom is -0.372 e. The molecule has 0 spiro atoms. The maximum Gasteiger partial charge on any atom is 0.296 e. The average molecular weight is 404 g/mol. The van der Waals surface area contributed by atoms with Crippen LogP contribution in [0, 0.1) is 23.0 Å². The van der Waals surface area contributed by atoms with Crippen molar-refractivity contribution < 1.29 is 17.5 Å². The molecule has 28 heavy (non-hydrogen) atoms. The van der Waals surface area contributed by atoms with Gasteiger partial charge in [-0.05, 0) is 56.4 Å². The van der Waals surface area contributed by atoms with E-state index < -0.39 is 15.0 Å². The molecule has 0 saturated carbocycles. The molecule has 0 unspecified atom stereocenters. The van der Waals surface area contributed by atoms with E-state index in [2.05, 4.69) is 4.90 Å². The molecule has 0 aromatic heterocycles. The molecule has 0 atom stereocenters. The highest BCUT2D eigenvalue weighted by molar-refractivity contribution is 7.86. The van der Waals surface area contributed by atoms with Crippen LogP contribution in [0.25, 0.3) is 0 Å². The Labute approximate surface area is 165 Å². The van der Waals surface area contributed by atoms with Gasteiger partial charge < -0.3 is 4.90 Å². The Morgan fingerprint density at radius 2 is 1.68 bits per heavy atom. The minimum absolute atomic E-state index is 0.0885. The number of non-ortho nitro benzene ring substituents is 1. The Morgan fingerprint density at radius 3 is 2.25 bits per heavy atom. The first-order chi connectivity index (χ1) is 13.3. The van der Waals surface area contributed by atoms with Gasteiger partial charge in [-0.2, -0.15) is 8.42 Å². The van der Waals surface area contributed by atoms with Crippen molar-refractivity contribution in [2.45, 2.75) is 31.1 Å². The van der Waals surface area contributed by atoms with Crippen LogP contribution in [0.5, 0.6) is 0 Å². The molecule has 7 nitrogen and oxygen atoms in total. The van der Waals surface area contributed by atoms with Gasteiger partial charge in [0.2, 0.25) is 0 Å². The first-order valence-corrected chi connectivity index (χ1v) is 10.7. The second kappa shape index (κ2) is 8.70. The molecule has 0 amide bonds. The zero-order valence-corrected chi connectivity index (χ0v) is 16.6. The van der Waals surface area contributed by atoms with Crippen molar-refractivity contribution >= 4 is 21.5 Å². The second-order valence-corrected chi connectivity index (χ2v) is 8.70. The molecule has 0 radical (unpaired) electrons. The van der Waals surface area contributed by atoms with Crippen LogP contribution < -0.4 is 4.90 Å². The van der Waals surface area contributed by atoms with Crippen LogP contribution in [-0.2, 0) is 14.3 Å². The van der Waals surface area contributed by atoms with Gasteiger partial charge in [0.15, 0.2) is 0 Å². The fourth-order valence-corrected chi connectivity index (χ4v) is 4.28. The molecule has 1 fully saturated rings. The van der Waals surface area contributed by atoms with Gasteiger partial charge in [-0.3, -0.25) is 14.3 Å². The third-order valence-electron chi connectivity index (χ3n) is 5.11. The Kier molecular flexibility index (Phi) is 6.31. The summed E-state index contributed by atoms with van der Waals surface area (Å²) in [6.07, 6.45) is 2.56. The lowest BCUT2D eigenvalue weighted by Crippen LogP contribution is -2.34. The van der Waals surface area contributed by atoms with E-state index in [9.17, 15) is 18.5 Å². The number of rotatable bonds is 7. The number of nitro benzene ring substituents is 1. The molecule has 0 bridgehead atoms. The second-order valence-electron chi connectivity index (χ2n) is 7.08. The summed E-state index contributed by atoms with van der Waals surface area (Å²) in [7, 11) is -3.71. The van der Waals surface area contributed by atoms with Crippen LogP contribution >= 0.6 is 0 Å². The molecule has 8 heteroatoms. The maximum absolute atomic E-state index is 12.2. The molecule has 1 saturated heterocycles. The molecular formula is C20H24N2O5S. The predicted octanol–water partition coefficient (Wildman–Crippen LogP) is 3.92. The topological polar surface area (TPSA) is 89.8 Å². The number of nitro groups is 1. The highest BCUT2D eigenvalue weighted by atomic mass is 32.2. The molecule has 1 aliphatic heterocycles. The Morgan fingerprint density at radius 1 is 1.07 bits per heavy atom. The Balaban J connectivity index is 1.45. The van der Waals surface area contributed by atoms with Crippen LogP contribution in [-0.4, -0.2) is 33.0 Å². The van der Waals surface area contributed by atoms with Gasteiger partial charge >= 0.3 is 0 Å². The summed E-state index contributed by atoms with van der Waals surface area (Å²) in [5.41, 5.74) is 2.06. The molecule has 150 valence electrons. The van der Waals surface area contributed by atoms with E-state index in [1.54, 1.807) is 36.4 Å². The zero-order chi connectivity index (χ0) is 20.1. The smallest absolute Gasteiger partial charge is 0.296 e. The van der Waals surface area contributed by atoms with Crippen LogP contribution in [0.3, 0.4) is 0 Å². The van der Waals surface area contributed by atoms with E-state index in [4.69, 9.17) is 4.18 Å². The number of benzene rings is 2. The number of nitrogens with zero attached hydrogens (tertiary/aromatic N) is 2. The van der Waals surface area contributed by atoms with Crippen LogP contribution in [0.4, 0.5) is 11.4 Å². The van der Waals surface area contributed by atoms with E-state index in [0.717, 1.165) is 37.2 Å². The summed E-state index contributed by atoms with van der Waals surface area (Å²) >= 11 is 0. The molecular weight excluding hydrogens is 380 g/mol. The zero-order valence-electron chi connectivity index (χ0n) is 15.8. The molecule has 2 aromatic carbocycles. The standard InChI is InChI=1S/C20H24N2O5S/c1-16-2-8-20(9-3-16)28(25,26)27-15-12-17-10-13-21(14-11-17)18-4-6-19(7-5-18)22(23)24/h2-9,17H,10-15H2,1H3. The number of hydrogen-bond acceptors (Lipinski definition) is 6. The van der Waals surface area contributed by atoms with Crippen molar-refractivity contribution in [1.82, 2.24) is 0 Å². The van der Waals surface area contributed by atoms with Gasteiger partial charge in [-0.1, -0.05) is 17.7 Å². The molecule has 2 aromatic rings. The van der Waals surface area contributed by atoms with Crippen molar-refractivity contribution in [3.8, 4) is 0 Å². The Hall–Kier alpha value is -2.45. The third kappa shape index (κ3) is 5.08. The lowest BCUT2D eigenvalue weighted by Gasteiger charge is -2.33. The Bertz CT molecular complexity index is 903. The third-order valence-corrected chi connectivity index (χ3v) is 6.44. The molecule has 0 aliphatic carbocycles. The molecule has 3 rings (SSSR count). The largest absolute Gasteiger partial charge is 0.372 e. The van der Waals surface area contributed by atoms with Crippen molar-refractivity contribution in [2.24, 2.45) is 5.92 Å². The SMILES string of the molecule is Cc1ccc(S(=O)(=O)OCCC2CCN(c3ccc([N+](=O)[O-])cc3)CC2)cc1. The fraction of sp³-hybridized carbons (Fsp3) is 0.400. The quantitative estimate of drug-likeness (QED) is 0.395. The van der Waals surface area contributed by atoms with Crippen molar-refractivity contribution in [1.29, 1.82) is 0 Å². The summed E-state index contributed by atoms with van der Waals surface area (Å²) in [4.78, 5) is 12.7. The monoisotopic (exact) mass is 404 g/mol. The van der Waals surface area contributed by atoms with E-state index in [0.29, 0.717) is 12.3 Å². The van der Waals surface area contributed by atoms with E-state index >= 15 is 0 Å². The number of aryl methyl sites for hydroxylation is 1. The normalized spacial score (nSPS) is 15.5. The van der Waals surface area contributed by atoms with Crippen molar-refractivity contribution in [2.75, 3.05) is 24.6 Å². The molecule has 1 aliphatic rings. The number of piperidine rings is 1. The molecule has 1 heterocycles. The first kappa shape index (κ1) is 20.3. The van der Waals surface area contributed by atoms with E-state index in [1.165, 1.54) is 12.1 Å². The lowest BCUT2D eigenvalue weighted by molar-refractivity contribution is -0.384. The van der Waals surface area contributed by atoms with Crippen LogP contribution in [0.1, 0.15) is 24.8 Å². The summed E-state index contributed by atoms with van der Waals surface area (Å²) in [5, 5.41) is 10.7. The number of hydrogen-bond donors (Lipinski definition) is 0. The van der Waals surface area contributed by atoms with Gasteiger partial charge in [-0.25, -0.2) is 0 Å². The highest BCUT2D eigenvalue weighted by Crippen LogP contribution is 2.27. The predicted molar refractivity (Wildman–Crippen MR) is 107 cm³/mol. The van der Waals surface area contributed by atoms with Gasteiger partial charge in [0.25, 0.3) is 15.8 Å². The van der Waals surface area contributed by atoms with Crippen LogP contribution in [0.2, 0.25) is 0 Å². The average Bonchev–Trinajstić information content (AvgIpc) is 2.69. The summed E-state index contributed by atoms with van der Waals surface area (Å²) in [6.45, 7) is 3.76. The van der Waals surface area contributed by atoms with Crippen LogP contribution in [0.15, 0.2) is 53.4 Å². The van der Waals surface area contributed by atoms with Crippen molar-refractivity contribution in [3.63, 3.8) is 0 Å². The maximum atomic E-state index is 12.2. The van der Waals surface area contributed by atoms with Crippen molar-refractivity contribution in [3.05, 3.63) is 64.2 Å². The minimum atomic E-state index is -3.71. The van der Waals surface area contributed by atoms with Gasteiger partial charge in [0, 0.05) is 30.9 Å². The summed E-state index contributed by atoms with van der Waals surface area (Å²) in [6, 6.07) is 13.2. The summed E-state index contributed by atoms with van der Waals surface area (Å²) < 4.78 is 29.6. The van der Waals surface area contributed by atoms with E-state index in [1.807, 2.05) is 6.92 Å². The fourth-order valence-electron chi connectivity index (χ4n) is 3.36. The van der Waals surface area contributed by atoms with Gasteiger partial charge in [0.05, 0.1) is 16.4 Å². The first-order valence-electron chi connectivity index (χ1n) is 9.31. The highest BCUT2D eigenvalue weighted by Gasteiger charge is 2.21. The van der Waals surface area contributed by atoms with E-state index in [-0.39, 0.29) is 17.2 Å².